The highest BCUT2D eigenvalue weighted by molar-refractivity contribution is 6.12. The number of hydrogen-bond donors (Lipinski definition) is 0. The molecule has 0 bridgehead atoms. The lowest BCUT2D eigenvalue weighted by Crippen LogP contribution is -2.26. The van der Waals surface area contributed by atoms with Crippen molar-refractivity contribution in [2.45, 2.75) is 24.7 Å². The minimum atomic E-state index is -0.516. The third-order valence-corrected chi connectivity index (χ3v) is 16.4. The molecule has 3 aliphatic carbocycles. The second-order valence-corrected chi connectivity index (χ2v) is 20.3. The highest BCUT2D eigenvalue weighted by Gasteiger charge is 2.53. The van der Waals surface area contributed by atoms with E-state index in [1.165, 1.54) is 111 Å². The normalized spacial score (nSPS) is 15.2. The number of benzene rings is 11. The van der Waals surface area contributed by atoms with Crippen LogP contribution in [0.3, 0.4) is 0 Å². The van der Waals surface area contributed by atoms with Gasteiger partial charge in [-0.05, 0) is 144 Å². The molecule has 12 aromatic rings. The fraction of sp³-hybridized carbons (Fsp3) is 0.0571. The van der Waals surface area contributed by atoms with Crippen LogP contribution in [0.1, 0.15) is 47.2 Å². The molecule has 0 radical (unpaired) electrons. The zero-order valence-electron chi connectivity index (χ0n) is 40.1. The quantitative estimate of drug-likeness (QED) is 0.161. The average molecular weight is 917 g/mol. The lowest BCUT2D eigenvalue weighted by atomic mass is 9.70. The van der Waals surface area contributed by atoms with Crippen molar-refractivity contribution >= 4 is 38.9 Å². The SMILES string of the molecule is CC1(C)c2ccccc2-c2cc3c4ccccc4n(-c4ccc(N(c5ccc(-c6ccccc6)cc5)c5cccc6c5-c5ccccc5C65c6ccccc6-c6c(-c7ccccc7)cccc65)cc4)c3cc21. The molecule has 1 aromatic heterocycles. The summed E-state index contributed by atoms with van der Waals surface area (Å²) in [5, 5.41) is 2.54. The van der Waals surface area contributed by atoms with Gasteiger partial charge in [0, 0.05) is 38.8 Å². The maximum atomic E-state index is 2.49. The summed E-state index contributed by atoms with van der Waals surface area (Å²) in [5.74, 6) is 0. The Bertz CT molecular complexity index is 4160. The van der Waals surface area contributed by atoms with Crippen molar-refractivity contribution in [1.29, 1.82) is 0 Å². The first-order valence-corrected chi connectivity index (χ1v) is 25.3. The lowest BCUT2D eigenvalue weighted by Gasteiger charge is -2.32. The van der Waals surface area contributed by atoms with Crippen molar-refractivity contribution in [2.24, 2.45) is 0 Å². The van der Waals surface area contributed by atoms with Gasteiger partial charge in [0.1, 0.15) is 0 Å². The van der Waals surface area contributed by atoms with Gasteiger partial charge < -0.3 is 9.47 Å². The number of rotatable bonds is 6. The second kappa shape index (κ2) is 15.3. The molecule has 0 fully saturated rings. The van der Waals surface area contributed by atoms with Gasteiger partial charge in [-0.25, -0.2) is 0 Å². The van der Waals surface area contributed by atoms with E-state index in [0.717, 1.165) is 22.7 Å². The Balaban J connectivity index is 0.942. The summed E-state index contributed by atoms with van der Waals surface area (Å²) in [7, 11) is 0. The van der Waals surface area contributed by atoms with Crippen molar-refractivity contribution < 1.29 is 0 Å². The fourth-order valence-electron chi connectivity index (χ4n) is 13.3. The smallest absolute Gasteiger partial charge is 0.0726 e. The molecule has 1 atom stereocenters. The highest BCUT2D eigenvalue weighted by atomic mass is 15.1. The van der Waals surface area contributed by atoms with E-state index in [0.29, 0.717) is 0 Å². The molecule has 72 heavy (non-hydrogen) atoms. The molecule has 0 saturated heterocycles. The average Bonchev–Trinajstić information content (AvgIpc) is 4.11. The van der Waals surface area contributed by atoms with Crippen LogP contribution in [0.4, 0.5) is 17.1 Å². The summed E-state index contributed by atoms with van der Waals surface area (Å²) in [5.41, 5.74) is 27.1. The van der Waals surface area contributed by atoms with Crippen LogP contribution in [0.2, 0.25) is 0 Å². The van der Waals surface area contributed by atoms with Gasteiger partial charge >= 0.3 is 0 Å². The molecule has 1 unspecified atom stereocenters. The summed E-state index contributed by atoms with van der Waals surface area (Å²) in [6.45, 7) is 4.75. The molecule has 15 rings (SSSR count). The Hall–Kier alpha value is -8.98. The maximum absolute atomic E-state index is 2.49. The van der Waals surface area contributed by atoms with E-state index in [-0.39, 0.29) is 5.41 Å². The van der Waals surface area contributed by atoms with Gasteiger partial charge in [-0.2, -0.15) is 0 Å². The molecule has 2 nitrogen and oxygen atoms in total. The van der Waals surface area contributed by atoms with Crippen LogP contribution in [0.5, 0.6) is 0 Å². The molecular formula is C70H48N2. The molecule has 338 valence electrons. The lowest BCUT2D eigenvalue weighted by molar-refractivity contribution is 0.661. The number of hydrogen-bond acceptors (Lipinski definition) is 1. The van der Waals surface area contributed by atoms with Crippen LogP contribution < -0.4 is 4.90 Å². The highest BCUT2D eigenvalue weighted by Crippen LogP contribution is 2.66. The van der Waals surface area contributed by atoms with Crippen molar-refractivity contribution in [3.05, 3.63) is 288 Å². The number of fused-ring (bicyclic) bond motifs is 16. The third kappa shape index (κ3) is 5.55. The first kappa shape index (κ1) is 40.9. The zero-order chi connectivity index (χ0) is 47.7. The predicted molar refractivity (Wildman–Crippen MR) is 300 cm³/mol. The van der Waals surface area contributed by atoms with E-state index >= 15 is 0 Å². The van der Waals surface area contributed by atoms with E-state index in [2.05, 4.69) is 278 Å². The number of para-hydroxylation sites is 1. The van der Waals surface area contributed by atoms with E-state index < -0.39 is 5.41 Å². The molecule has 0 amide bonds. The fourth-order valence-corrected chi connectivity index (χ4v) is 13.3. The summed E-state index contributed by atoms with van der Waals surface area (Å²) >= 11 is 0. The summed E-state index contributed by atoms with van der Waals surface area (Å²) in [6, 6.07) is 95.2. The Morgan fingerprint density at radius 1 is 0.319 bits per heavy atom. The largest absolute Gasteiger partial charge is 0.310 e. The topological polar surface area (TPSA) is 8.17 Å². The van der Waals surface area contributed by atoms with Crippen LogP contribution in [-0.2, 0) is 10.8 Å². The minimum absolute atomic E-state index is 0.109. The van der Waals surface area contributed by atoms with Crippen molar-refractivity contribution in [3.8, 4) is 61.3 Å². The van der Waals surface area contributed by atoms with Crippen molar-refractivity contribution in [3.63, 3.8) is 0 Å². The van der Waals surface area contributed by atoms with Crippen molar-refractivity contribution in [1.82, 2.24) is 4.57 Å². The summed E-state index contributed by atoms with van der Waals surface area (Å²) < 4.78 is 2.48. The molecule has 1 spiro atoms. The molecule has 0 aliphatic heterocycles. The van der Waals surface area contributed by atoms with E-state index in [9.17, 15) is 0 Å². The van der Waals surface area contributed by atoms with E-state index in [1.54, 1.807) is 0 Å². The van der Waals surface area contributed by atoms with Crippen molar-refractivity contribution in [2.75, 3.05) is 4.90 Å². The molecule has 3 aliphatic rings. The van der Waals surface area contributed by atoms with Crippen LogP contribution in [0.25, 0.3) is 83.1 Å². The number of nitrogens with zero attached hydrogens (tertiary/aromatic N) is 2. The maximum Gasteiger partial charge on any atom is 0.0726 e. The second-order valence-electron chi connectivity index (χ2n) is 20.3. The molecule has 0 saturated carbocycles. The van der Waals surface area contributed by atoms with Gasteiger partial charge in [0.25, 0.3) is 0 Å². The van der Waals surface area contributed by atoms with E-state index in [1.807, 2.05) is 0 Å². The van der Waals surface area contributed by atoms with Crippen LogP contribution in [0.15, 0.2) is 255 Å². The van der Waals surface area contributed by atoms with Gasteiger partial charge in [-0.1, -0.05) is 208 Å². The number of anilines is 3. The van der Waals surface area contributed by atoms with Gasteiger partial charge in [0.15, 0.2) is 0 Å². The monoisotopic (exact) mass is 916 g/mol. The Morgan fingerprint density at radius 2 is 0.833 bits per heavy atom. The van der Waals surface area contributed by atoms with E-state index in [4.69, 9.17) is 0 Å². The Kier molecular flexibility index (Phi) is 8.66. The molecular weight excluding hydrogens is 869 g/mol. The van der Waals surface area contributed by atoms with Crippen LogP contribution >= 0.6 is 0 Å². The standard InChI is InChI=1S/C70H48N2/c1-69(2)58-28-13-9-23-52(58)56-43-57-53-24-12-16-33-64(53)72(66(57)44-63(56)69)50-41-39-49(40-42-50)71(48-37-35-46(36-38-48)45-19-5-3-6-20-45)65-34-18-32-62-68(65)55-26-11-15-30-60(55)70(62)59-29-14-10-25-54(59)67-51(27-17-31-61(67)70)47-21-7-4-8-22-47/h3-44H,1-2H3. The first-order chi connectivity index (χ1) is 35.5. The summed E-state index contributed by atoms with van der Waals surface area (Å²) in [6.07, 6.45) is 0. The molecule has 11 aromatic carbocycles. The van der Waals surface area contributed by atoms with Gasteiger partial charge in [0.2, 0.25) is 0 Å². The molecule has 2 heteroatoms. The zero-order valence-corrected chi connectivity index (χ0v) is 40.1. The first-order valence-electron chi connectivity index (χ1n) is 25.3. The van der Waals surface area contributed by atoms with Gasteiger partial charge in [-0.3, -0.25) is 0 Å². The van der Waals surface area contributed by atoms with Crippen LogP contribution in [-0.4, -0.2) is 4.57 Å². The Labute approximate surface area is 420 Å². The molecule has 1 heterocycles. The van der Waals surface area contributed by atoms with Gasteiger partial charge in [-0.15, -0.1) is 0 Å². The van der Waals surface area contributed by atoms with Crippen LogP contribution in [0, 0.1) is 0 Å². The Morgan fingerprint density at radius 3 is 1.54 bits per heavy atom. The third-order valence-electron chi connectivity index (χ3n) is 16.4. The summed E-state index contributed by atoms with van der Waals surface area (Å²) in [4.78, 5) is 2.49. The predicted octanol–water partition coefficient (Wildman–Crippen LogP) is 18.2. The van der Waals surface area contributed by atoms with Gasteiger partial charge in [0.05, 0.1) is 22.1 Å². The molecule has 0 N–H and O–H groups in total. The number of aromatic nitrogens is 1. The minimum Gasteiger partial charge on any atom is -0.310 e.